The van der Waals surface area contributed by atoms with Gasteiger partial charge in [0.15, 0.2) is 0 Å². The molecule has 0 radical (unpaired) electrons. The fraction of sp³-hybridized carbons (Fsp3) is 0.500. The second kappa shape index (κ2) is 4.88. The molecule has 1 aromatic carbocycles. The van der Waals surface area contributed by atoms with E-state index in [2.05, 4.69) is 59.5 Å². The van der Waals surface area contributed by atoms with Gasteiger partial charge in [-0.1, -0.05) is 12.1 Å². The van der Waals surface area contributed by atoms with Crippen molar-refractivity contribution in [3.05, 3.63) is 33.4 Å². The number of halogens is 1. The van der Waals surface area contributed by atoms with E-state index < -0.39 is 0 Å². The average molecular weight is 318 g/mol. The van der Waals surface area contributed by atoms with E-state index in [1.807, 2.05) is 0 Å². The number of hydrogen-bond donors (Lipinski definition) is 1. The molecule has 0 nitrogen and oxygen atoms in total. The molecule has 0 aromatic heterocycles. The molecule has 0 N–H and O–H groups in total. The first-order chi connectivity index (χ1) is 6.75. The van der Waals surface area contributed by atoms with E-state index >= 15 is 0 Å². The third-order valence-electron chi connectivity index (χ3n) is 3.04. The number of hydrogen-bond acceptors (Lipinski definition) is 1. The zero-order valence-corrected chi connectivity index (χ0v) is 11.2. The monoisotopic (exact) mass is 318 g/mol. The Kier molecular flexibility index (Phi) is 3.77. The van der Waals surface area contributed by atoms with Crippen LogP contribution in [0.15, 0.2) is 24.3 Å². The van der Waals surface area contributed by atoms with Crippen LogP contribution < -0.4 is 0 Å². The molecule has 0 amide bonds. The van der Waals surface area contributed by atoms with E-state index in [-0.39, 0.29) is 0 Å². The Morgan fingerprint density at radius 2 is 1.57 bits per heavy atom. The third-order valence-corrected chi connectivity index (χ3v) is 4.27. The average Bonchev–Trinajstić information content (AvgIpc) is 2.21. The molecule has 1 fully saturated rings. The van der Waals surface area contributed by atoms with Gasteiger partial charge < -0.3 is 0 Å². The van der Waals surface area contributed by atoms with Gasteiger partial charge in [0.2, 0.25) is 0 Å². The number of benzene rings is 1. The van der Waals surface area contributed by atoms with Crippen molar-refractivity contribution >= 4 is 35.2 Å². The van der Waals surface area contributed by atoms with Crippen LogP contribution in [0.3, 0.4) is 0 Å². The summed E-state index contributed by atoms with van der Waals surface area (Å²) in [4.78, 5) is 0. The summed E-state index contributed by atoms with van der Waals surface area (Å²) in [5.41, 5.74) is 1.52. The zero-order chi connectivity index (χ0) is 9.97. The summed E-state index contributed by atoms with van der Waals surface area (Å²) in [6.07, 6.45) is 5.18. The number of thiol groups is 1. The molecule has 0 saturated heterocycles. The molecule has 76 valence electrons. The Hall–Kier alpha value is 0.300. The standard InChI is InChI=1S/C12H15IS/c13-11-5-1-9(2-6-11)10-3-7-12(14)8-4-10/h1-2,5-6,10,12,14H,3-4,7-8H2. The van der Waals surface area contributed by atoms with Gasteiger partial charge in [-0.25, -0.2) is 0 Å². The molecule has 14 heavy (non-hydrogen) atoms. The molecule has 1 aliphatic rings. The summed E-state index contributed by atoms with van der Waals surface area (Å²) in [7, 11) is 0. The Morgan fingerprint density at radius 3 is 2.14 bits per heavy atom. The second-order valence-electron chi connectivity index (χ2n) is 4.06. The van der Waals surface area contributed by atoms with Gasteiger partial charge in [0.05, 0.1) is 0 Å². The van der Waals surface area contributed by atoms with Crippen molar-refractivity contribution in [2.24, 2.45) is 0 Å². The summed E-state index contributed by atoms with van der Waals surface area (Å²) in [5.74, 6) is 0.787. The Bertz CT molecular complexity index is 286. The molecule has 0 atom stereocenters. The van der Waals surface area contributed by atoms with Crippen LogP contribution in [0.4, 0.5) is 0 Å². The lowest BCUT2D eigenvalue weighted by atomic mass is 9.84. The summed E-state index contributed by atoms with van der Waals surface area (Å²) in [6, 6.07) is 8.99. The predicted molar refractivity (Wildman–Crippen MR) is 73.1 cm³/mol. The van der Waals surface area contributed by atoms with Crippen molar-refractivity contribution in [2.45, 2.75) is 36.9 Å². The SMILES string of the molecule is SC1CCC(c2ccc(I)cc2)CC1. The molecule has 0 spiro atoms. The van der Waals surface area contributed by atoms with E-state index in [9.17, 15) is 0 Å². The van der Waals surface area contributed by atoms with Crippen LogP contribution in [-0.2, 0) is 0 Å². The molecule has 0 bridgehead atoms. The molecule has 0 aliphatic heterocycles. The molecule has 0 unspecified atom stereocenters. The van der Waals surface area contributed by atoms with Gasteiger partial charge in [-0.3, -0.25) is 0 Å². The van der Waals surface area contributed by atoms with Crippen LogP contribution >= 0.6 is 35.2 Å². The summed E-state index contributed by atoms with van der Waals surface area (Å²) < 4.78 is 1.33. The largest absolute Gasteiger partial charge is 0.176 e. The van der Waals surface area contributed by atoms with E-state index in [4.69, 9.17) is 0 Å². The van der Waals surface area contributed by atoms with Crippen molar-refractivity contribution in [1.82, 2.24) is 0 Å². The van der Waals surface area contributed by atoms with Gasteiger partial charge in [0.1, 0.15) is 0 Å². The highest BCUT2D eigenvalue weighted by Gasteiger charge is 2.19. The highest BCUT2D eigenvalue weighted by atomic mass is 127. The van der Waals surface area contributed by atoms with Crippen LogP contribution in [-0.4, -0.2) is 5.25 Å². The Balaban J connectivity index is 2.05. The fourth-order valence-corrected chi connectivity index (χ4v) is 2.80. The predicted octanol–water partition coefficient (Wildman–Crippen LogP) is 4.25. The van der Waals surface area contributed by atoms with Gasteiger partial charge >= 0.3 is 0 Å². The van der Waals surface area contributed by atoms with E-state index in [1.165, 1.54) is 34.8 Å². The van der Waals surface area contributed by atoms with Crippen LogP contribution in [0.1, 0.15) is 37.2 Å². The first kappa shape index (κ1) is 10.8. The molecular weight excluding hydrogens is 303 g/mol. The minimum Gasteiger partial charge on any atom is -0.176 e. The van der Waals surface area contributed by atoms with Gasteiger partial charge in [-0.15, -0.1) is 0 Å². The molecule has 1 saturated carbocycles. The Morgan fingerprint density at radius 1 is 1.00 bits per heavy atom. The first-order valence-electron chi connectivity index (χ1n) is 5.19. The normalized spacial score (nSPS) is 27.6. The maximum Gasteiger partial charge on any atom is 0.0130 e. The van der Waals surface area contributed by atoms with E-state index in [0.717, 1.165) is 5.92 Å². The maximum absolute atomic E-state index is 4.53. The van der Waals surface area contributed by atoms with Crippen molar-refractivity contribution in [3.63, 3.8) is 0 Å². The number of rotatable bonds is 1. The van der Waals surface area contributed by atoms with Crippen LogP contribution in [0.5, 0.6) is 0 Å². The quantitative estimate of drug-likeness (QED) is 0.581. The topological polar surface area (TPSA) is 0 Å². The maximum atomic E-state index is 4.53. The second-order valence-corrected chi connectivity index (χ2v) is 6.03. The summed E-state index contributed by atoms with van der Waals surface area (Å²) in [6.45, 7) is 0. The van der Waals surface area contributed by atoms with Crippen LogP contribution in [0.25, 0.3) is 0 Å². The Labute approximate surface area is 105 Å². The highest BCUT2D eigenvalue weighted by Crippen LogP contribution is 2.34. The lowest BCUT2D eigenvalue weighted by Crippen LogP contribution is -2.12. The summed E-state index contributed by atoms with van der Waals surface area (Å²) in [5, 5.41) is 0.648. The molecule has 1 aliphatic carbocycles. The fourth-order valence-electron chi connectivity index (χ4n) is 2.14. The highest BCUT2D eigenvalue weighted by molar-refractivity contribution is 14.1. The van der Waals surface area contributed by atoms with Gasteiger partial charge in [-0.2, -0.15) is 12.6 Å². The van der Waals surface area contributed by atoms with Gasteiger partial charge in [-0.05, 0) is 71.9 Å². The van der Waals surface area contributed by atoms with Crippen molar-refractivity contribution < 1.29 is 0 Å². The summed E-state index contributed by atoms with van der Waals surface area (Å²) >= 11 is 6.89. The third kappa shape index (κ3) is 2.66. The molecule has 2 rings (SSSR count). The lowest BCUT2D eigenvalue weighted by molar-refractivity contribution is 0.454. The van der Waals surface area contributed by atoms with Crippen LogP contribution in [0, 0.1) is 3.57 Å². The van der Waals surface area contributed by atoms with E-state index in [1.54, 1.807) is 0 Å². The first-order valence-corrected chi connectivity index (χ1v) is 6.79. The molecule has 1 aromatic rings. The van der Waals surface area contributed by atoms with Crippen molar-refractivity contribution in [1.29, 1.82) is 0 Å². The molecule has 0 heterocycles. The smallest absolute Gasteiger partial charge is 0.0130 e. The van der Waals surface area contributed by atoms with Crippen molar-refractivity contribution in [3.8, 4) is 0 Å². The van der Waals surface area contributed by atoms with Gasteiger partial charge in [0.25, 0.3) is 0 Å². The molecule has 2 heteroatoms. The van der Waals surface area contributed by atoms with Crippen molar-refractivity contribution in [2.75, 3.05) is 0 Å². The zero-order valence-electron chi connectivity index (χ0n) is 8.12. The minimum absolute atomic E-state index is 0.648. The molecular formula is C12H15IS. The van der Waals surface area contributed by atoms with Gasteiger partial charge in [0, 0.05) is 8.82 Å². The van der Waals surface area contributed by atoms with Crippen LogP contribution in [0.2, 0.25) is 0 Å². The van der Waals surface area contributed by atoms with E-state index in [0.29, 0.717) is 5.25 Å². The lowest BCUT2D eigenvalue weighted by Gasteiger charge is -2.25. The minimum atomic E-state index is 0.648.